The fraction of sp³-hybridized carbons (Fsp3) is 0.900. The molecule has 15 heavy (non-hydrogen) atoms. The Morgan fingerprint density at radius 2 is 2.00 bits per heavy atom. The van der Waals surface area contributed by atoms with E-state index in [1.54, 1.807) is 6.92 Å². The summed E-state index contributed by atoms with van der Waals surface area (Å²) >= 11 is 0. The molecule has 1 aliphatic heterocycles. The van der Waals surface area contributed by atoms with Crippen LogP contribution < -0.4 is 0 Å². The van der Waals surface area contributed by atoms with Crippen molar-refractivity contribution in [3.8, 4) is 0 Å². The van der Waals surface area contributed by atoms with E-state index in [1.165, 1.54) is 0 Å². The van der Waals surface area contributed by atoms with Crippen molar-refractivity contribution in [2.24, 2.45) is 0 Å². The molecule has 88 valence electrons. The van der Waals surface area contributed by atoms with Crippen molar-refractivity contribution in [3.63, 3.8) is 0 Å². The van der Waals surface area contributed by atoms with Crippen molar-refractivity contribution in [1.29, 1.82) is 0 Å². The van der Waals surface area contributed by atoms with Gasteiger partial charge in [0.05, 0.1) is 0 Å². The molecule has 1 rings (SSSR count). The maximum Gasteiger partial charge on any atom is 0.323 e. The number of hydrogen-bond acceptors (Lipinski definition) is 3. The fourth-order valence-corrected chi connectivity index (χ4v) is 3.07. The molecule has 1 aliphatic rings. The van der Waals surface area contributed by atoms with Crippen LogP contribution in [-0.2, 0) is 15.6 Å². The predicted molar refractivity (Wildman–Crippen MR) is 60.4 cm³/mol. The van der Waals surface area contributed by atoms with Gasteiger partial charge in [-0.25, -0.2) is 0 Å². The SMILES string of the molecule is CCCC(C)(C(=O)O)N1CCS(=O)CC1. The van der Waals surface area contributed by atoms with E-state index in [0.29, 0.717) is 31.0 Å². The van der Waals surface area contributed by atoms with Gasteiger partial charge in [0.2, 0.25) is 0 Å². The molecule has 1 atom stereocenters. The van der Waals surface area contributed by atoms with Crippen LogP contribution in [0.15, 0.2) is 0 Å². The first-order valence-corrected chi connectivity index (χ1v) is 6.83. The number of carbonyl (C=O) groups is 1. The lowest BCUT2D eigenvalue weighted by Gasteiger charge is -2.39. The average Bonchev–Trinajstić information content (AvgIpc) is 2.18. The van der Waals surface area contributed by atoms with Gasteiger partial charge < -0.3 is 5.11 Å². The first-order valence-electron chi connectivity index (χ1n) is 5.34. The summed E-state index contributed by atoms with van der Waals surface area (Å²) in [6.45, 7) is 5.03. The monoisotopic (exact) mass is 233 g/mol. The zero-order valence-electron chi connectivity index (χ0n) is 9.36. The van der Waals surface area contributed by atoms with Gasteiger partial charge in [-0.15, -0.1) is 0 Å². The van der Waals surface area contributed by atoms with Crippen LogP contribution in [0.5, 0.6) is 0 Å². The van der Waals surface area contributed by atoms with Crippen LogP contribution in [0.4, 0.5) is 0 Å². The van der Waals surface area contributed by atoms with E-state index in [-0.39, 0.29) is 0 Å². The van der Waals surface area contributed by atoms with Gasteiger partial charge in [0, 0.05) is 35.4 Å². The second kappa shape index (κ2) is 5.07. The standard InChI is InChI=1S/C10H19NO3S/c1-3-4-10(2,9(12)13)11-5-7-15(14)8-6-11/h3-8H2,1-2H3,(H,12,13). The highest BCUT2D eigenvalue weighted by Crippen LogP contribution is 2.23. The number of carboxylic acids is 1. The summed E-state index contributed by atoms with van der Waals surface area (Å²) in [6, 6.07) is 0. The topological polar surface area (TPSA) is 57.6 Å². The van der Waals surface area contributed by atoms with E-state index in [1.807, 2.05) is 11.8 Å². The zero-order chi connectivity index (χ0) is 11.5. The highest BCUT2D eigenvalue weighted by atomic mass is 32.2. The minimum atomic E-state index is -0.778. The van der Waals surface area contributed by atoms with E-state index in [4.69, 9.17) is 0 Å². The van der Waals surface area contributed by atoms with Crippen molar-refractivity contribution in [2.45, 2.75) is 32.2 Å². The molecule has 1 heterocycles. The van der Waals surface area contributed by atoms with Crippen molar-refractivity contribution in [3.05, 3.63) is 0 Å². The maximum absolute atomic E-state index is 11.3. The predicted octanol–water partition coefficient (Wildman–Crippen LogP) is 0.694. The molecule has 0 aliphatic carbocycles. The second-order valence-electron chi connectivity index (χ2n) is 4.16. The van der Waals surface area contributed by atoms with Crippen LogP contribution in [0.2, 0.25) is 0 Å². The fourth-order valence-electron chi connectivity index (χ4n) is 2.02. The summed E-state index contributed by atoms with van der Waals surface area (Å²) in [5.41, 5.74) is -0.778. The minimum absolute atomic E-state index is 0.604. The molecule has 0 amide bonds. The van der Waals surface area contributed by atoms with E-state index in [9.17, 15) is 14.1 Å². The van der Waals surface area contributed by atoms with Crippen LogP contribution in [0, 0.1) is 0 Å². The quantitative estimate of drug-likeness (QED) is 0.776. The third kappa shape index (κ3) is 2.78. The first-order chi connectivity index (χ1) is 7.00. The van der Waals surface area contributed by atoms with Gasteiger partial charge in [0.1, 0.15) is 5.54 Å². The van der Waals surface area contributed by atoms with Crippen molar-refractivity contribution in [2.75, 3.05) is 24.6 Å². The van der Waals surface area contributed by atoms with Gasteiger partial charge in [0.25, 0.3) is 0 Å². The molecule has 0 radical (unpaired) electrons. The third-order valence-corrected chi connectivity index (χ3v) is 4.35. The molecule has 0 saturated carbocycles. The molecule has 1 fully saturated rings. The Kier molecular flexibility index (Phi) is 4.28. The van der Waals surface area contributed by atoms with Crippen LogP contribution in [-0.4, -0.2) is 50.3 Å². The van der Waals surface area contributed by atoms with E-state index >= 15 is 0 Å². The summed E-state index contributed by atoms with van der Waals surface area (Å²) in [6.07, 6.45) is 1.50. The molecule has 0 aromatic rings. The van der Waals surface area contributed by atoms with E-state index in [2.05, 4.69) is 0 Å². The second-order valence-corrected chi connectivity index (χ2v) is 5.86. The number of carboxylic acid groups (broad SMARTS) is 1. The van der Waals surface area contributed by atoms with Crippen molar-refractivity contribution < 1.29 is 14.1 Å². The molecule has 0 aromatic heterocycles. The molecule has 0 spiro atoms. The van der Waals surface area contributed by atoms with Crippen LogP contribution in [0.1, 0.15) is 26.7 Å². The summed E-state index contributed by atoms with van der Waals surface area (Å²) in [4.78, 5) is 13.2. The molecule has 5 heteroatoms. The zero-order valence-corrected chi connectivity index (χ0v) is 10.2. The van der Waals surface area contributed by atoms with Crippen molar-refractivity contribution >= 4 is 16.8 Å². The Balaban J connectivity index is 2.72. The first kappa shape index (κ1) is 12.6. The molecule has 0 aromatic carbocycles. The largest absolute Gasteiger partial charge is 0.480 e. The van der Waals surface area contributed by atoms with Crippen LogP contribution in [0.3, 0.4) is 0 Å². The van der Waals surface area contributed by atoms with Gasteiger partial charge in [-0.1, -0.05) is 13.3 Å². The summed E-state index contributed by atoms with van der Waals surface area (Å²) in [7, 11) is -0.747. The molecule has 1 N–H and O–H groups in total. The van der Waals surface area contributed by atoms with Gasteiger partial charge in [-0.2, -0.15) is 0 Å². The molecule has 1 saturated heterocycles. The number of aliphatic carboxylic acids is 1. The Hall–Kier alpha value is -0.420. The van der Waals surface area contributed by atoms with Crippen LogP contribution in [0.25, 0.3) is 0 Å². The highest BCUT2D eigenvalue weighted by Gasteiger charge is 2.39. The average molecular weight is 233 g/mol. The summed E-state index contributed by atoms with van der Waals surface area (Å²) in [5.74, 6) is 0.441. The normalized spacial score (nSPS) is 23.6. The number of hydrogen-bond donors (Lipinski definition) is 1. The smallest absolute Gasteiger partial charge is 0.323 e. The minimum Gasteiger partial charge on any atom is -0.480 e. The molecular formula is C10H19NO3S. The van der Waals surface area contributed by atoms with E-state index in [0.717, 1.165) is 6.42 Å². The highest BCUT2D eigenvalue weighted by molar-refractivity contribution is 7.85. The summed E-state index contributed by atoms with van der Waals surface area (Å²) < 4.78 is 11.2. The number of nitrogens with zero attached hydrogens (tertiary/aromatic N) is 1. The maximum atomic E-state index is 11.3. The molecular weight excluding hydrogens is 214 g/mol. The lowest BCUT2D eigenvalue weighted by atomic mass is 9.94. The molecule has 0 bridgehead atoms. The Morgan fingerprint density at radius 3 is 2.40 bits per heavy atom. The lowest BCUT2D eigenvalue weighted by molar-refractivity contribution is -0.151. The Morgan fingerprint density at radius 1 is 1.47 bits per heavy atom. The van der Waals surface area contributed by atoms with Gasteiger partial charge in [0.15, 0.2) is 0 Å². The van der Waals surface area contributed by atoms with E-state index < -0.39 is 22.3 Å². The Labute approximate surface area is 93.1 Å². The van der Waals surface area contributed by atoms with Gasteiger partial charge in [-0.3, -0.25) is 13.9 Å². The molecule has 4 nitrogen and oxygen atoms in total. The Bertz CT molecular complexity index is 259. The number of rotatable bonds is 4. The van der Waals surface area contributed by atoms with Gasteiger partial charge in [-0.05, 0) is 13.3 Å². The third-order valence-electron chi connectivity index (χ3n) is 3.07. The van der Waals surface area contributed by atoms with Crippen LogP contribution >= 0.6 is 0 Å². The lowest BCUT2D eigenvalue weighted by Crippen LogP contribution is -2.56. The summed E-state index contributed by atoms with van der Waals surface area (Å²) in [5, 5.41) is 9.26. The van der Waals surface area contributed by atoms with Gasteiger partial charge >= 0.3 is 5.97 Å². The van der Waals surface area contributed by atoms with Crippen molar-refractivity contribution in [1.82, 2.24) is 4.90 Å². The molecule has 1 unspecified atom stereocenters.